The predicted molar refractivity (Wildman–Crippen MR) is 92.4 cm³/mol. The second-order valence-electron chi connectivity index (χ2n) is 5.61. The summed E-state index contributed by atoms with van der Waals surface area (Å²) in [7, 11) is 1.99. The number of nitrogens with zero attached hydrogens (tertiary/aromatic N) is 1. The molecular formula is C16H27ClN2OS. The van der Waals surface area contributed by atoms with Crippen molar-refractivity contribution in [3.05, 3.63) is 22.4 Å². The van der Waals surface area contributed by atoms with Crippen LogP contribution in [-0.2, 0) is 11.2 Å². The van der Waals surface area contributed by atoms with Crippen LogP contribution in [0.5, 0.6) is 0 Å². The zero-order chi connectivity index (χ0) is 14.2. The molecule has 1 saturated heterocycles. The average molecular weight is 331 g/mol. The van der Waals surface area contributed by atoms with E-state index in [9.17, 15) is 4.79 Å². The van der Waals surface area contributed by atoms with Crippen LogP contribution in [0.2, 0.25) is 0 Å². The lowest BCUT2D eigenvalue weighted by atomic mass is 10.0. The minimum Gasteiger partial charge on any atom is -0.341 e. The Balaban J connectivity index is 0.00000220. The summed E-state index contributed by atoms with van der Waals surface area (Å²) in [6, 6.07) is 4.80. The van der Waals surface area contributed by atoms with Gasteiger partial charge in [-0.25, -0.2) is 0 Å². The minimum atomic E-state index is 0. The van der Waals surface area contributed by atoms with Crippen LogP contribution in [0.3, 0.4) is 0 Å². The van der Waals surface area contributed by atoms with Crippen LogP contribution in [0, 0.1) is 0 Å². The molecule has 1 aliphatic heterocycles. The Kier molecular flexibility index (Phi) is 8.97. The highest BCUT2D eigenvalue weighted by Crippen LogP contribution is 2.15. The number of halogens is 1. The summed E-state index contributed by atoms with van der Waals surface area (Å²) in [6.07, 6.45) is 7.61. The van der Waals surface area contributed by atoms with E-state index in [4.69, 9.17) is 0 Å². The highest BCUT2D eigenvalue weighted by atomic mass is 35.5. The number of likely N-dealkylation sites (tertiary alicyclic amines) is 1. The van der Waals surface area contributed by atoms with E-state index in [-0.39, 0.29) is 12.4 Å². The molecule has 21 heavy (non-hydrogen) atoms. The predicted octanol–water partition coefficient (Wildman–Crippen LogP) is 3.48. The highest BCUT2D eigenvalue weighted by molar-refractivity contribution is 7.09. The zero-order valence-corrected chi connectivity index (χ0v) is 14.5. The summed E-state index contributed by atoms with van der Waals surface area (Å²) in [4.78, 5) is 15.7. The van der Waals surface area contributed by atoms with Crippen molar-refractivity contribution in [3.63, 3.8) is 0 Å². The summed E-state index contributed by atoms with van der Waals surface area (Å²) in [5, 5.41) is 5.42. The fourth-order valence-electron chi connectivity index (χ4n) is 2.80. The summed E-state index contributed by atoms with van der Waals surface area (Å²) in [5.41, 5.74) is 0. The first kappa shape index (κ1) is 18.5. The first-order valence-corrected chi connectivity index (χ1v) is 8.65. The number of hydrogen-bond acceptors (Lipinski definition) is 3. The van der Waals surface area contributed by atoms with E-state index in [2.05, 4.69) is 22.8 Å². The molecule has 3 nitrogen and oxygen atoms in total. The highest BCUT2D eigenvalue weighted by Gasteiger charge is 2.21. The van der Waals surface area contributed by atoms with Crippen molar-refractivity contribution in [1.29, 1.82) is 0 Å². The van der Waals surface area contributed by atoms with E-state index in [0.717, 1.165) is 45.2 Å². The molecule has 0 aromatic carbocycles. The van der Waals surface area contributed by atoms with Crippen molar-refractivity contribution >= 4 is 29.7 Å². The van der Waals surface area contributed by atoms with Crippen molar-refractivity contribution in [2.45, 2.75) is 51.0 Å². The Hall–Kier alpha value is -0.580. The maximum Gasteiger partial charge on any atom is 0.222 e. The number of piperidine rings is 1. The summed E-state index contributed by atoms with van der Waals surface area (Å²) < 4.78 is 0. The molecule has 120 valence electrons. The summed E-state index contributed by atoms with van der Waals surface area (Å²) >= 11 is 1.83. The van der Waals surface area contributed by atoms with Crippen LogP contribution in [0.4, 0.5) is 0 Å². The Labute approximate surface area is 138 Å². The summed E-state index contributed by atoms with van der Waals surface area (Å²) in [6.45, 7) is 1.84. The van der Waals surface area contributed by atoms with Gasteiger partial charge in [0.15, 0.2) is 0 Å². The molecule has 2 heterocycles. The molecule has 0 bridgehead atoms. The Bertz CT molecular complexity index is 397. The lowest BCUT2D eigenvalue weighted by Crippen LogP contribution is -2.46. The molecule has 1 aromatic rings. The smallest absolute Gasteiger partial charge is 0.222 e. The van der Waals surface area contributed by atoms with Gasteiger partial charge in [0.1, 0.15) is 0 Å². The Morgan fingerprint density at radius 2 is 2.29 bits per heavy atom. The van der Waals surface area contributed by atoms with Crippen molar-refractivity contribution in [3.8, 4) is 0 Å². The number of nitrogens with one attached hydrogen (secondary N) is 1. The zero-order valence-electron chi connectivity index (χ0n) is 12.8. The lowest BCUT2D eigenvalue weighted by molar-refractivity contribution is -0.132. The van der Waals surface area contributed by atoms with Gasteiger partial charge in [0.2, 0.25) is 5.91 Å². The molecule has 0 saturated carbocycles. The molecule has 1 aliphatic rings. The maximum atomic E-state index is 12.2. The number of thiophene rings is 1. The largest absolute Gasteiger partial charge is 0.341 e. The van der Waals surface area contributed by atoms with Gasteiger partial charge in [-0.3, -0.25) is 4.79 Å². The normalized spacial score (nSPS) is 18.3. The van der Waals surface area contributed by atoms with Gasteiger partial charge in [0.25, 0.3) is 0 Å². The molecule has 1 N–H and O–H groups in total. The van der Waals surface area contributed by atoms with Crippen LogP contribution in [0.1, 0.15) is 43.4 Å². The number of rotatable bonds is 7. The van der Waals surface area contributed by atoms with Crippen molar-refractivity contribution in [1.82, 2.24) is 10.2 Å². The molecule has 0 radical (unpaired) electrons. The standard InChI is InChI=1S/C16H26N2OS.ClH/c1-17-14-7-5-11-18(13-14)16(19)10-4-2-3-8-15-9-6-12-20-15;/h6,9,12,14,17H,2-5,7-8,10-11,13H2,1H3;1H. The quantitative estimate of drug-likeness (QED) is 0.776. The fourth-order valence-corrected chi connectivity index (χ4v) is 3.56. The SMILES string of the molecule is CNC1CCCN(C(=O)CCCCCc2cccs2)C1.Cl. The molecule has 5 heteroatoms. The number of unbranched alkanes of at least 4 members (excludes halogenated alkanes) is 2. The molecule has 1 amide bonds. The van der Waals surface area contributed by atoms with Crippen molar-refractivity contribution < 1.29 is 4.79 Å². The molecule has 1 atom stereocenters. The average Bonchev–Trinajstić information content (AvgIpc) is 3.00. The van der Waals surface area contributed by atoms with E-state index in [1.807, 2.05) is 23.3 Å². The maximum absolute atomic E-state index is 12.2. The Morgan fingerprint density at radius 3 is 3.00 bits per heavy atom. The third kappa shape index (κ3) is 6.37. The van der Waals surface area contributed by atoms with E-state index in [1.165, 1.54) is 17.7 Å². The molecule has 1 unspecified atom stereocenters. The number of carbonyl (C=O) groups excluding carboxylic acids is 1. The minimum absolute atomic E-state index is 0. The monoisotopic (exact) mass is 330 g/mol. The molecule has 1 aromatic heterocycles. The van der Waals surface area contributed by atoms with E-state index < -0.39 is 0 Å². The van der Waals surface area contributed by atoms with Crippen LogP contribution >= 0.6 is 23.7 Å². The molecule has 1 fully saturated rings. The molecule has 2 rings (SSSR count). The van der Waals surface area contributed by atoms with Gasteiger partial charge >= 0.3 is 0 Å². The van der Waals surface area contributed by atoms with Gasteiger partial charge in [-0.05, 0) is 50.6 Å². The second kappa shape index (κ2) is 10.2. The fraction of sp³-hybridized carbons (Fsp3) is 0.688. The van der Waals surface area contributed by atoms with Gasteiger partial charge in [-0.2, -0.15) is 0 Å². The van der Waals surface area contributed by atoms with Crippen LogP contribution in [-0.4, -0.2) is 37.0 Å². The van der Waals surface area contributed by atoms with Gasteiger partial charge in [0.05, 0.1) is 0 Å². The van der Waals surface area contributed by atoms with Crippen molar-refractivity contribution in [2.75, 3.05) is 20.1 Å². The molecule has 0 spiro atoms. The lowest BCUT2D eigenvalue weighted by Gasteiger charge is -2.32. The van der Waals surface area contributed by atoms with E-state index in [0.29, 0.717) is 11.9 Å². The van der Waals surface area contributed by atoms with Gasteiger partial charge in [-0.15, -0.1) is 23.7 Å². The summed E-state index contributed by atoms with van der Waals surface area (Å²) in [5.74, 6) is 0.348. The third-order valence-electron chi connectivity index (χ3n) is 4.08. The van der Waals surface area contributed by atoms with Crippen LogP contribution in [0.25, 0.3) is 0 Å². The number of hydrogen-bond donors (Lipinski definition) is 1. The second-order valence-corrected chi connectivity index (χ2v) is 6.64. The Morgan fingerprint density at radius 1 is 1.43 bits per heavy atom. The van der Waals surface area contributed by atoms with Crippen LogP contribution < -0.4 is 5.32 Å². The van der Waals surface area contributed by atoms with Crippen molar-refractivity contribution in [2.24, 2.45) is 0 Å². The number of aryl methyl sites for hydroxylation is 1. The van der Waals surface area contributed by atoms with Gasteiger partial charge in [0, 0.05) is 30.4 Å². The van der Waals surface area contributed by atoms with Crippen LogP contribution in [0.15, 0.2) is 17.5 Å². The van der Waals surface area contributed by atoms with E-state index >= 15 is 0 Å². The first-order valence-electron chi connectivity index (χ1n) is 7.77. The molecule has 0 aliphatic carbocycles. The van der Waals surface area contributed by atoms with E-state index in [1.54, 1.807) is 0 Å². The number of likely N-dealkylation sites (N-methyl/N-ethyl adjacent to an activating group) is 1. The van der Waals surface area contributed by atoms with Gasteiger partial charge < -0.3 is 10.2 Å². The number of carbonyl (C=O) groups is 1. The first-order chi connectivity index (χ1) is 9.79. The third-order valence-corrected chi connectivity index (χ3v) is 5.01. The topological polar surface area (TPSA) is 32.3 Å². The molecular weight excluding hydrogens is 304 g/mol. The number of amides is 1. The van der Waals surface area contributed by atoms with Gasteiger partial charge in [-0.1, -0.05) is 12.5 Å².